The van der Waals surface area contributed by atoms with Gasteiger partial charge in [0.25, 0.3) is 11.6 Å². The van der Waals surface area contributed by atoms with Crippen molar-refractivity contribution in [3.05, 3.63) is 75.3 Å². The standard InChI is InChI=1S/C17H13N3O3S/c1-11-14(3-2-4-15(11)20(22)23)16(21)19-13-7-5-12(6-8-13)17-18-9-10-24-17/h2-10H,1H3,(H,19,21). The second-order valence-corrected chi connectivity index (χ2v) is 5.97. The van der Waals surface area contributed by atoms with E-state index in [1.54, 1.807) is 31.3 Å². The molecule has 1 amide bonds. The van der Waals surface area contributed by atoms with Gasteiger partial charge < -0.3 is 5.32 Å². The SMILES string of the molecule is Cc1c(C(=O)Nc2ccc(-c3nccs3)cc2)cccc1[N+](=O)[O-]. The smallest absolute Gasteiger partial charge is 0.273 e. The molecule has 6 nitrogen and oxygen atoms in total. The molecule has 0 aliphatic heterocycles. The number of thiazole rings is 1. The van der Waals surface area contributed by atoms with Gasteiger partial charge in [-0.2, -0.15) is 0 Å². The molecule has 0 radical (unpaired) electrons. The van der Waals surface area contributed by atoms with Crippen LogP contribution >= 0.6 is 11.3 Å². The first-order chi connectivity index (χ1) is 11.6. The van der Waals surface area contributed by atoms with Crippen LogP contribution in [-0.4, -0.2) is 15.8 Å². The zero-order chi connectivity index (χ0) is 17.1. The van der Waals surface area contributed by atoms with Gasteiger partial charge in [0.05, 0.1) is 4.92 Å². The topological polar surface area (TPSA) is 85.1 Å². The highest BCUT2D eigenvalue weighted by molar-refractivity contribution is 7.13. The minimum absolute atomic E-state index is 0.0678. The minimum atomic E-state index is -0.491. The van der Waals surface area contributed by atoms with E-state index in [4.69, 9.17) is 0 Å². The summed E-state index contributed by atoms with van der Waals surface area (Å²) in [7, 11) is 0. The van der Waals surface area contributed by atoms with Gasteiger partial charge in [-0.25, -0.2) is 4.98 Å². The van der Waals surface area contributed by atoms with Crippen molar-refractivity contribution in [2.75, 3.05) is 5.32 Å². The number of anilines is 1. The van der Waals surface area contributed by atoms with Gasteiger partial charge in [-0.05, 0) is 37.3 Å². The Morgan fingerprint density at radius 2 is 1.96 bits per heavy atom. The van der Waals surface area contributed by atoms with Crippen LogP contribution in [0, 0.1) is 17.0 Å². The molecule has 2 aromatic carbocycles. The van der Waals surface area contributed by atoms with E-state index in [0.29, 0.717) is 11.3 Å². The van der Waals surface area contributed by atoms with Crippen molar-refractivity contribution in [3.63, 3.8) is 0 Å². The summed E-state index contributed by atoms with van der Waals surface area (Å²) in [5.74, 6) is -0.377. The van der Waals surface area contributed by atoms with Crippen LogP contribution < -0.4 is 5.32 Å². The number of hydrogen-bond donors (Lipinski definition) is 1. The fourth-order valence-corrected chi connectivity index (χ4v) is 2.97. The molecule has 7 heteroatoms. The average Bonchev–Trinajstić information content (AvgIpc) is 3.10. The van der Waals surface area contributed by atoms with Crippen LogP contribution in [0.15, 0.2) is 54.0 Å². The van der Waals surface area contributed by atoms with Crippen molar-refractivity contribution in [1.29, 1.82) is 0 Å². The molecule has 0 atom stereocenters. The normalized spacial score (nSPS) is 10.4. The number of carbonyl (C=O) groups is 1. The second-order valence-electron chi connectivity index (χ2n) is 5.08. The molecule has 0 saturated carbocycles. The zero-order valence-corrected chi connectivity index (χ0v) is 13.5. The van der Waals surface area contributed by atoms with Gasteiger partial charge in [-0.1, -0.05) is 6.07 Å². The van der Waals surface area contributed by atoms with Crippen LogP contribution in [0.25, 0.3) is 10.6 Å². The highest BCUT2D eigenvalue weighted by Gasteiger charge is 2.18. The fraction of sp³-hybridized carbons (Fsp3) is 0.0588. The van der Waals surface area contributed by atoms with Crippen molar-refractivity contribution in [1.82, 2.24) is 4.98 Å². The lowest BCUT2D eigenvalue weighted by molar-refractivity contribution is -0.385. The van der Waals surface area contributed by atoms with Crippen LogP contribution in [0.1, 0.15) is 15.9 Å². The summed E-state index contributed by atoms with van der Waals surface area (Å²) in [6, 6.07) is 11.8. The Kier molecular flexibility index (Phi) is 4.35. The first kappa shape index (κ1) is 15.8. The Hall–Kier alpha value is -3.06. The van der Waals surface area contributed by atoms with Gasteiger partial charge >= 0.3 is 0 Å². The van der Waals surface area contributed by atoms with Gasteiger partial charge in [0.15, 0.2) is 0 Å². The van der Waals surface area contributed by atoms with E-state index in [2.05, 4.69) is 10.3 Å². The molecule has 3 rings (SSSR count). The van der Waals surface area contributed by atoms with Crippen molar-refractivity contribution in [2.24, 2.45) is 0 Å². The third-order valence-electron chi connectivity index (χ3n) is 3.57. The number of nitrogens with zero attached hydrogens (tertiary/aromatic N) is 2. The van der Waals surface area contributed by atoms with Crippen molar-refractivity contribution in [2.45, 2.75) is 6.92 Å². The molecular formula is C17H13N3O3S. The number of nitrogens with one attached hydrogen (secondary N) is 1. The van der Waals surface area contributed by atoms with Crippen molar-refractivity contribution in [3.8, 4) is 10.6 Å². The van der Waals surface area contributed by atoms with Crippen LogP contribution in [0.2, 0.25) is 0 Å². The van der Waals surface area contributed by atoms with E-state index >= 15 is 0 Å². The van der Waals surface area contributed by atoms with E-state index in [1.807, 2.05) is 17.5 Å². The van der Waals surface area contributed by atoms with Gasteiger partial charge in [0.1, 0.15) is 5.01 Å². The Balaban J connectivity index is 1.80. The largest absolute Gasteiger partial charge is 0.322 e. The third-order valence-corrected chi connectivity index (χ3v) is 4.39. The molecule has 24 heavy (non-hydrogen) atoms. The highest BCUT2D eigenvalue weighted by Crippen LogP contribution is 2.25. The maximum Gasteiger partial charge on any atom is 0.273 e. The Bertz CT molecular complexity index is 890. The molecule has 1 N–H and O–H groups in total. The lowest BCUT2D eigenvalue weighted by atomic mass is 10.1. The van der Waals surface area contributed by atoms with E-state index in [1.165, 1.54) is 23.5 Å². The van der Waals surface area contributed by atoms with E-state index < -0.39 is 4.92 Å². The number of aromatic nitrogens is 1. The molecule has 0 bridgehead atoms. The summed E-state index contributed by atoms with van der Waals surface area (Å²) in [5.41, 5.74) is 2.15. The molecule has 0 fully saturated rings. The number of hydrogen-bond acceptors (Lipinski definition) is 5. The minimum Gasteiger partial charge on any atom is -0.322 e. The third kappa shape index (κ3) is 3.16. The fourth-order valence-electron chi connectivity index (χ4n) is 2.33. The molecule has 1 aromatic heterocycles. The van der Waals surface area contributed by atoms with E-state index in [9.17, 15) is 14.9 Å². The summed E-state index contributed by atoms with van der Waals surface area (Å²) < 4.78 is 0. The number of nitro groups is 1. The Morgan fingerprint density at radius 3 is 2.58 bits per heavy atom. The van der Waals surface area contributed by atoms with Crippen LogP contribution in [0.3, 0.4) is 0 Å². The second kappa shape index (κ2) is 6.59. The zero-order valence-electron chi connectivity index (χ0n) is 12.7. The number of rotatable bonds is 4. The Labute approximate surface area is 141 Å². The molecule has 0 spiro atoms. The molecule has 0 unspecified atom stereocenters. The van der Waals surface area contributed by atoms with Gasteiger partial charge in [-0.3, -0.25) is 14.9 Å². The lowest BCUT2D eigenvalue weighted by Crippen LogP contribution is -2.14. The molecule has 120 valence electrons. The predicted octanol–water partition coefficient (Wildman–Crippen LogP) is 4.28. The van der Waals surface area contributed by atoms with Crippen molar-refractivity contribution >= 4 is 28.6 Å². The quantitative estimate of drug-likeness (QED) is 0.568. The maximum atomic E-state index is 12.4. The molecule has 3 aromatic rings. The lowest BCUT2D eigenvalue weighted by Gasteiger charge is -2.08. The summed E-state index contributed by atoms with van der Waals surface area (Å²) in [6.45, 7) is 1.57. The van der Waals surface area contributed by atoms with E-state index in [0.717, 1.165) is 10.6 Å². The van der Waals surface area contributed by atoms with Crippen LogP contribution in [0.5, 0.6) is 0 Å². The number of nitro benzene ring substituents is 1. The molecule has 0 aliphatic carbocycles. The summed E-state index contributed by atoms with van der Waals surface area (Å²) >= 11 is 1.54. The molecular weight excluding hydrogens is 326 g/mol. The number of carbonyl (C=O) groups excluding carboxylic acids is 1. The summed E-state index contributed by atoms with van der Waals surface area (Å²) in [4.78, 5) is 27.1. The van der Waals surface area contributed by atoms with Gasteiger partial charge in [-0.15, -0.1) is 11.3 Å². The first-order valence-corrected chi connectivity index (χ1v) is 7.99. The Morgan fingerprint density at radius 1 is 1.21 bits per heavy atom. The molecule has 0 saturated heterocycles. The van der Waals surface area contributed by atoms with Crippen LogP contribution in [-0.2, 0) is 0 Å². The van der Waals surface area contributed by atoms with Gasteiger partial charge in [0.2, 0.25) is 0 Å². The molecule has 1 heterocycles. The predicted molar refractivity (Wildman–Crippen MR) is 93.3 cm³/mol. The van der Waals surface area contributed by atoms with Crippen molar-refractivity contribution < 1.29 is 9.72 Å². The van der Waals surface area contributed by atoms with Gasteiger partial charge in [0, 0.05) is 40.0 Å². The first-order valence-electron chi connectivity index (χ1n) is 7.11. The molecule has 0 aliphatic rings. The highest BCUT2D eigenvalue weighted by atomic mass is 32.1. The number of benzene rings is 2. The maximum absolute atomic E-state index is 12.4. The van der Waals surface area contributed by atoms with Crippen LogP contribution in [0.4, 0.5) is 11.4 Å². The summed E-state index contributed by atoms with van der Waals surface area (Å²) in [6.07, 6.45) is 1.74. The average molecular weight is 339 g/mol. The monoisotopic (exact) mass is 339 g/mol. The number of amides is 1. The summed E-state index contributed by atoms with van der Waals surface area (Å²) in [5, 5.41) is 16.5. The van der Waals surface area contributed by atoms with E-state index in [-0.39, 0.29) is 17.2 Å².